The number of esters is 1. The van der Waals surface area contributed by atoms with Crippen LogP contribution < -0.4 is 16.4 Å². The molecule has 3 aromatic rings. The minimum Gasteiger partial charge on any atom is -0.460 e. The minimum atomic E-state index is -1.51. The molecule has 2 aliphatic rings. The molecule has 3 amide bonds. The summed E-state index contributed by atoms with van der Waals surface area (Å²) in [7, 11) is 0. The summed E-state index contributed by atoms with van der Waals surface area (Å²) in [5.41, 5.74) is 7.23. The molecule has 0 aliphatic carbocycles. The molecular formula is C37H47FN10O7. The van der Waals surface area contributed by atoms with Gasteiger partial charge in [-0.1, -0.05) is 48.9 Å². The fourth-order valence-corrected chi connectivity index (χ4v) is 6.40. The van der Waals surface area contributed by atoms with Gasteiger partial charge < -0.3 is 35.5 Å². The third kappa shape index (κ3) is 11.6. The first-order valence-corrected chi connectivity index (χ1v) is 18.2. The van der Waals surface area contributed by atoms with Crippen LogP contribution in [-0.4, -0.2) is 108 Å². The number of anilines is 1. The van der Waals surface area contributed by atoms with Crippen LogP contribution in [0.25, 0.3) is 11.4 Å². The molecule has 0 radical (unpaired) electrons. The number of oxazole rings is 1. The monoisotopic (exact) mass is 762 g/mol. The van der Waals surface area contributed by atoms with Gasteiger partial charge in [0.15, 0.2) is 11.6 Å². The smallest absolute Gasteiger partial charge is 0.329 e. The van der Waals surface area contributed by atoms with Crippen molar-refractivity contribution >= 4 is 29.6 Å². The predicted molar refractivity (Wildman–Crippen MR) is 196 cm³/mol. The molecule has 5 atom stereocenters. The molecule has 2 bridgehead atoms. The largest absolute Gasteiger partial charge is 0.460 e. The molecule has 5 heterocycles. The molecule has 5 N–H and O–H groups in total. The number of rotatable bonds is 7. The first kappa shape index (κ1) is 40.4. The van der Waals surface area contributed by atoms with E-state index in [0.29, 0.717) is 36.3 Å². The number of nitrogens with two attached hydrogens (primary N) is 1. The number of hydrogen-bond acceptors (Lipinski definition) is 13. The van der Waals surface area contributed by atoms with E-state index in [1.165, 1.54) is 23.2 Å². The molecule has 1 fully saturated rings. The number of hydrogen-bond donors (Lipinski definition) is 4. The Balaban J connectivity index is 1.32. The van der Waals surface area contributed by atoms with E-state index in [1.54, 1.807) is 42.1 Å². The van der Waals surface area contributed by atoms with Crippen molar-refractivity contribution in [2.45, 2.75) is 83.8 Å². The van der Waals surface area contributed by atoms with Crippen LogP contribution in [0.3, 0.4) is 0 Å². The summed E-state index contributed by atoms with van der Waals surface area (Å²) in [6, 6.07) is 0.716. The fraction of sp³-hybridized carbons (Fsp3) is 0.486. The minimum absolute atomic E-state index is 0.0113. The van der Waals surface area contributed by atoms with Gasteiger partial charge in [-0.25, -0.2) is 24.1 Å². The van der Waals surface area contributed by atoms with Crippen molar-refractivity contribution < 1.29 is 37.8 Å². The number of cyclic esters (lactones) is 1. The number of alkyl halides is 1. The number of ether oxygens (including phenoxy) is 1. The highest BCUT2D eigenvalue weighted by Gasteiger charge is 2.39. The molecule has 1 saturated heterocycles. The Bertz CT molecular complexity index is 1910. The summed E-state index contributed by atoms with van der Waals surface area (Å²) in [6.07, 6.45) is 8.81. The quantitative estimate of drug-likeness (QED) is 0.253. The first-order chi connectivity index (χ1) is 26.4. The van der Waals surface area contributed by atoms with Crippen LogP contribution in [0.1, 0.15) is 62.8 Å². The Morgan fingerprint density at radius 2 is 2.00 bits per heavy atom. The van der Waals surface area contributed by atoms with Crippen molar-refractivity contribution in [1.82, 2.24) is 45.5 Å². The van der Waals surface area contributed by atoms with Crippen LogP contribution in [0.4, 0.5) is 10.3 Å². The zero-order valence-corrected chi connectivity index (χ0v) is 31.0. The molecule has 2 aliphatic heterocycles. The van der Waals surface area contributed by atoms with E-state index in [9.17, 15) is 28.7 Å². The lowest BCUT2D eigenvalue weighted by molar-refractivity contribution is -0.159. The third-order valence-electron chi connectivity index (χ3n) is 9.07. The van der Waals surface area contributed by atoms with Crippen molar-refractivity contribution in [3.8, 4) is 11.4 Å². The summed E-state index contributed by atoms with van der Waals surface area (Å²) in [5, 5.41) is 24.2. The van der Waals surface area contributed by atoms with Crippen molar-refractivity contribution in [1.29, 1.82) is 0 Å². The summed E-state index contributed by atoms with van der Waals surface area (Å²) >= 11 is 0. The number of amides is 3. The molecular weight excluding hydrogens is 715 g/mol. The molecule has 0 unspecified atom stereocenters. The van der Waals surface area contributed by atoms with Crippen LogP contribution in [0, 0.1) is 11.8 Å². The number of carbonyl (C=O) groups excluding carboxylic acids is 4. The van der Waals surface area contributed by atoms with Gasteiger partial charge in [0.25, 0.3) is 5.91 Å². The van der Waals surface area contributed by atoms with E-state index in [2.05, 4.69) is 35.9 Å². The van der Waals surface area contributed by atoms with Crippen molar-refractivity contribution in [2.24, 2.45) is 11.8 Å². The highest BCUT2D eigenvalue weighted by molar-refractivity contribution is 5.95. The highest BCUT2D eigenvalue weighted by atomic mass is 19.1. The fourth-order valence-electron chi connectivity index (χ4n) is 6.40. The number of nitrogen functional groups attached to an aromatic ring is 1. The van der Waals surface area contributed by atoms with E-state index in [0.717, 1.165) is 6.26 Å². The summed E-state index contributed by atoms with van der Waals surface area (Å²) in [4.78, 5) is 67.0. The maximum absolute atomic E-state index is 14.8. The van der Waals surface area contributed by atoms with E-state index < -0.39 is 48.1 Å². The van der Waals surface area contributed by atoms with Gasteiger partial charge in [0.1, 0.15) is 30.3 Å². The van der Waals surface area contributed by atoms with E-state index in [1.807, 2.05) is 13.8 Å². The Morgan fingerprint density at radius 3 is 2.78 bits per heavy atom. The third-order valence-corrected chi connectivity index (χ3v) is 9.07. The second-order valence-corrected chi connectivity index (χ2v) is 13.8. The SMILES string of the molecule is CC1=C[C@@H](O)C[C@@H](F)Cc2nc(co2)C(=O)N2CCC[C@@H]2C(=O)O[C@H](C(C)C)[C@H](CC(=O)NCCn2cc(-c3ccnc(N)n3)nn2)/C=C/C(=O)NCC=C1. The maximum Gasteiger partial charge on any atom is 0.329 e. The van der Waals surface area contributed by atoms with Gasteiger partial charge in [0.05, 0.1) is 31.0 Å². The standard InChI is InChI=1S/C37H47FN10O7/c1-22(2)34-24(17-32(51)41-13-15-47-20-28(45-46-47)27-10-12-42-37(39)44-27)8-9-31(50)40-11-4-6-23(3)16-26(49)18-25(38)19-33-43-29(21-54-33)35(52)48-14-5-7-30(48)36(53)55-34/h4,6,8-10,12,16,20-22,24-26,30,34,49H,5,7,11,13-15,17-19H2,1-3H3,(H,40,50)(H,41,51)(H2,39,42,44)/b6-4?,9-8+,23-16?/t24-,25+,26+,30+,34+/m0/s1. The molecule has 0 spiro atoms. The van der Waals surface area contributed by atoms with Crippen molar-refractivity contribution in [3.05, 3.63) is 72.3 Å². The van der Waals surface area contributed by atoms with Crippen molar-refractivity contribution in [2.75, 3.05) is 25.4 Å². The molecule has 18 heteroatoms. The molecule has 3 aromatic heterocycles. The molecule has 0 saturated carbocycles. The number of halogens is 1. The molecule has 0 aromatic carbocycles. The lowest BCUT2D eigenvalue weighted by Gasteiger charge is -2.30. The average molecular weight is 763 g/mol. The lowest BCUT2D eigenvalue weighted by atomic mass is 9.89. The molecule has 5 rings (SSSR count). The van der Waals surface area contributed by atoms with Crippen LogP contribution >= 0.6 is 0 Å². The van der Waals surface area contributed by atoms with E-state index >= 15 is 0 Å². The van der Waals surface area contributed by atoms with E-state index in [4.69, 9.17) is 14.9 Å². The van der Waals surface area contributed by atoms with E-state index in [-0.39, 0.29) is 68.3 Å². The number of nitrogens with zero attached hydrogens (tertiary/aromatic N) is 7. The number of fused-ring (bicyclic) bond motifs is 3. The number of allylic oxidation sites excluding steroid dienone is 2. The number of aliphatic hydroxyl groups excluding tert-OH is 1. The van der Waals surface area contributed by atoms with Gasteiger partial charge >= 0.3 is 5.97 Å². The normalized spacial score (nSPS) is 23.8. The number of carbonyl (C=O) groups is 4. The zero-order chi connectivity index (χ0) is 39.5. The van der Waals surface area contributed by atoms with Crippen LogP contribution in [0.5, 0.6) is 0 Å². The lowest BCUT2D eigenvalue weighted by Crippen LogP contribution is -2.44. The zero-order valence-electron chi connectivity index (χ0n) is 31.0. The Hall–Kier alpha value is -5.78. The molecule has 55 heavy (non-hydrogen) atoms. The highest BCUT2D eigenvalue weighted by Crippen LogP contribution is 2.27. The van der Waals surface area contributed by atoms with Gasteiger partial charge in [0.2, 0.25) is 17.8 Å². The Morgan fingerprint density at radius 1 is 1.18 bits per heavy atom. The average Bonchev–Trinajstić information content (AvgIpc) is 3.92. The first-order valence-electron chi connectivity index (χ1n) is 18.2. The van der Waals surface area contributed by atoms with Gasteiger partial charge in [-0.15, -0.1) is 5.10 Å². The number of aliphatic hydroxyl groups is 1. The molecule has 17 nitrogen and oxygen atoms in total. The second-order valence-electron chi connectivity index (χ2n) is 13.8. The second kappa shape index (κ2) is 19.0. The topological polar surface area (TPSA) is 234 Å². The Kier molecular flexibility index (Phi) is 14.0. The van der Waals surface area contributed by atoms with Gasteiger partial charge in [-0.3, -0.25) is 19.1 Å². The summed E-state index contributed by atoms with van der Waals surface area (Å²) < 4.78 is 27.9. The predicted octanol–water partition coefficient (Wildman–Crippen LogP) is 2.12. The number of aromatic nitrogens is 6. The van der Waals surface area contributed by atoms with Gasteiger partial charge in [0, 0.05) is 44.6 Å². The van der Waals surface area contributed by atoms with Crippen LogP contribution in [0.2, 0.25) is 0 Å². The Labute approximate surface area is 317 Å². The van der Waals surface area contributed by atoms with Crippen LogP contribution in [0.15, 0.2) is 65.1 Å². The molecule has 294 valence electrons. The maximum atomic E-state index is 14.8. The summed E-state index contributed by atoms with van der Waals surface area (Å²) in [5.74, 6) is -2.96. The van der Waals surface area contributed by atoms with Gasteiger partial charge in [-0.05, 0) is 37.8 Å². The summed E-state index contributed by atoms with van der Waals surface area (Å²) in [6.45, 7) is 6.30. The van der Waals surface area contributed by atoms with Gasteiger partial charge in [-0.2, -0.15) is 0 Å². The van der Waals surface area contributed by atoms with Crippen molar-refractivity contribution in [3.63, 3.8) is 0 Å². The number of nitrogens with one attached hydrogen (secondary N) is 2. The van der Waals surface area contributed by atoms with Crippen LogP contribution in [-0.2, 0) is 32.1 Å².